The molecule has 1 aromatic carbocycles. The minimum atomic E-state index is -0.0921. The number of rotatable bonds is 7. The molecule has 18 heavy (non-hydrogen) atoms. The Kier molecular flexibility index (Phi) is 6.78. The molecule has 0 saturated heterocycles. The highest BCUT2D eigenvalue weighted by molar-refractivity contribution is 7.80. The number of benzene rings is 1. The topological polar surface area (TPSA) is 58.6 Å². The lowest BCUT2D eigenvalue weighted by atomic mass is 10.1. The van der Waals surface area contributed by atoms with Crippen molar-refractivity contribution in [2.45, 2.75) is 18.2 Å². The summed E-state index contributed by atoms with van der Waals surface area (Å²) in [6.45, 7) is 3.36. The second-order valence-corrected chi connectivity index (χ2v) is 4.46. The van der Waals surface area contributed by atoms with Crippen molar-refractivity contribution in [1.29, 1.82) is 0 Å². The molecule has 0 atom stereocenters. The van der Waals surface area contributed by atoms with Gasteiger partial charge in [0.25, 0.3) is 5.91 Å². The van der Waals surface area contributed by atoms with E-state index in [9.17, 15) is 4.79 Å². The first kappa shape index (κ1) is 15.0. The molecule has 1 rings (SSSR count). The molecule has 0 spiro atoms. The summed E-state index contributed by atoms with van der Waals surface area (Å²) in [5.74, 6) is -0.0921. The van der Waals surface area contributed by atoms with E-state index in [4.69, 9.17) is 9.84 Å². The molecule has 0 aliphatic heterocycles. The van der Waals surface area contributed by atoms with Gasteiger partial charge in [-0.2, -0.15) is 0 Å². The molecule has 0 bridgehead atoms. The molecule has 1 aromatic rings. The normalized spacial score (nSPS) is 10.4. The molecule has 100 valence electrons. The third-order valence-corrected chi connectivity index (χ3v) is 2.73. The lowest BCUT2D eigenvalue weighted by molar-refractivity contribution is 0.0867. The van der Waals surface area contributed by atoms with Crippen LogP contribution in [0.25, 0.3) is 0 Å². The first-order chi connectivity index (χ1) is 8.65. The van der Waals surface area contributed by atoms with Gasteiger partial charge in [0.05, 0.1) is 13.2 Å². The molecular formula is C13H19NO3S. The molecule has 0 heterocycles. The maximum absolute atomic E-state index is 11.9. The first-order valence-corrected chi connectivity index (χ1v) is 6.36. The molecule has 4 nitrogen and oxygen atoms in total. The molecule has 5 heteroatoms. The average molecular weight is 269 g/mol. The van der Waals surface area contributed by atoms with Crippen LogP contribution in [0.15, 0.2) is 23.1 Å². The fraction of sp³-hybridized carbons (Fsp3) is 0.462. The number of aliphatic hydroxyl groups is 1. The summed E-state index contributed by atoms with van der Waals surface area (Å²) >= 11 is 4.22. The third-order valence-electron chi connectivity index (χ3n) is 2.45. The van der Waals surface area contributed by atoms with Crippen molar-refractivity contribution in [3.05, 3.63) is 29.3 Å². The smallest absolute Gasteiger partial charge is 0.251 e. The van der Waals surface area contributed by atoms with Gasteiger partial charge in [-0.25, -0.2) is 0 Å². The Morgan fingerprint density at radius 2 is 2.22 bits per heavy atom. The van der Waals surface area contributed by atoms with E-state index in [1.54, 1.807) is 6.07 Å². The predicted octanol–water partition coefficient (Wildman–Crippen LogP) is 1.41. The summed E-state index contributed by atoms with van der Waals surface area (Å²) in [5, 5.41) is 11.3. The Morgan fingerprint density at radius 3 is 2.94 bits per heavy atom. The fourth-order valence-electron chi connectivity index (χ4n) is 1.49. The number of thiol groups is 1. The number of hydrogen-bond donors (Lipinski definition) is 3. The largest absolute Gasteiger partial charge is 0.394 e. The zero-order valence-corrected chi connectivity index (χ0v) is 11.4. The zero-order valence-electron chi connectivity index (χ0n) is 10.5. The maximum Gasteiger partial charge on any atom is 0.251 e. The van der Waals surface area contributed by atoms with Crippen molar-refractivity contribution in [3.63, 3.8) is 0 Å². The molecule has 0 aliphatic rings. The number of ether oxygens (including phenoxy) is 1. The van der Waals surface area contributed by atoms with Gasteiger partial charge in [-0.3, -0.25) is 4.79 Å². The van der Waals surface area contributed by atoms with E-state index in [-0.39, 0.29) is 12.5 Å². The second kappa shape index (κ2) is 8.13. The number of nitrogens with one attached hydrogen (secondary N) is 1. The van der Waals surface area contributed by atoms with Gasteiger partial charge in [-0.1, -0.05) is 6.07 Å². The summed E-state index contributed by atoms with van der Waals surface area (Å²) in [5.41, 5.74) is 1.58. The van der Waals surface area contributed by atoms with Crippen LogP contribution in [0.3, 0.4) is 0 Å². The predicted molar refractivity (Wildman–Crippen MR) is 73.3 cm³/mol. The summed E-state index contributed by atoms with van der Waals surface area (Å²) in [6.07, 6.45) is 0.728. The van der Waals surface area contributed by atoms with Crippen molar-refractivity contribution in [1.82, 2.24) is 5.32 Å². The zero-order chi connectivity index (χ0) is 13.4. The SMILES string of the molecule is Cc1ccc(S)cc1C(=O)NCCCOCCO. The van der Waals surface area contributed by atoms with Crippen LogP contribution in [0.5, 0.6) is 0 Å². The van der Waals surface area contributed by atoms with Gasteiger partial charge in [0.2, 0.25) is 0 Å². The van der Waals surface area contributed by atoms with Gasteiger partial charge in [0.15, 0.2) is 0 Å². The summed E-state index contributed by atoms with van der Waals surface area (Å²) in [4.78, 5) is 12.7. The molecule has 0 fully saturated rings. The van der Waals surface area contributed by atoms with Crippen molar-refractivity contribution in [3.8, 4) is 0 Å². The van der Waals surface area contributed by atoms with E-state index >= 15 is 0 Å². The van der Waals surface area contributed by atoms with Crippen molar-refractivity contribution in [2.75, 3.05) is 26.4 Å². The number of carbonyl (C=O) groups excluding carboxylic acids is 1. The third kappa shape index (κ3) is 5.08. The molecule has 0 aliphatic carbocycles. The highest BCUT2D eigenvalue weighted by atomic mass is 32.1. The highest BCUT2D eigenvalue weighted by Crippen LogP contribution is 2.13. The molecule has 0 unspecified atom stereocenters. The van der Waals surface area contributed by atoms with E-state index in [2.05, 4.69) is 17.9 Å². The average Bonchev–Trinajstić information content (AvgIpc) is 2.36. The maximum atomic E-state index is 11.9. The van der Waals surface area contributed by atoms with Crippen molar-refractivity contribution < 1.29 is 14.6 Å². The number of hydrogen-bond acceptors (Lipinski definition) is 4. The minimum Gasteiger partial charge on any atom is -0.394 e. The number of amides is 1. The van der Waals surface area contributed by atoms with Gasteiger partial charge < -0.3 is 15.2 Å². The van der Waals surface area contributed by atoms with Crippen LogP contribution in [-0.4, -0.2) is 37.4 Å². The molecule has 0 radical (unpaired) electrons. The van der Waals surface area contributed by atoms with Crippen LogP contribution < -0.4 is 5.32 Å². The fourth-order valence-corrected chi connectivity index (χ4v) is 1.70. The monoisotopic (exact) mass is 269 g/mol. The van der Waals surface area contributed by atoms with Crippen LogP contribution in [0, 0.1) is 6.92 Å². The Balaban J connectivity index is 2.34. The van der Waals surface area contributed by atoms with Crippen molar-refractivity contribution >= 4 is 18.5 Å². The van der Waals surface area contributed by atoms with Gasteiger partial charge in [-0.15, -0.1) is 12.6 Å². The molecular weight excluding hydrogens is 250 g/mol. The van der Waals surface area contributed by atoms with Crippen LogP contribution in [0.4, 0.5) is 0 Å². The first-order valence-electron chi connectivity index (χ1n) is 5.91. The van der Waals surface area contributed by atoms with Crippen LogP contribution >= 0.6 is 12.6 Å². The van der Waals surface area contributed by atoms with Gasteiger partial charge >= 0.3 is 0 Å². The van der Waals surface area contributed by atoms with Gasteiger partial charge in [0.1, 0.15) is 0 Å². The van der Waals surface area contributed by atoms with E-state index < -0.39 is 0 Å². The second-order valence-electron chi connectivity index (χ2n) is 3.94. The highest BCUT2D eigenvalue weighted by Gasteiger charge is 2.08. The van der Waals surface area contributed by atoms with E-state index in [0.29, 0.717) is 25.3 Å². The van der Waals surface area contributed by atoms with Gasteiger partial charge in [0, 0.05) is 23.6 Å². The molecule has 2 N–H and O–H groups in total. The number of aliphatic hydroxyl groups excluding tert-OH is 1. The Hall–Kier alpha value is -1.04. The van der Waals surface area contributed by atoms with E-state index in [1.807, 2.05) is 19.1 Å². The van der Waals surface area contributed by atoms with E-state index in [1.165, 1.54) is 0 Å². The van der Waals surface area contributed by atoms with Gasteiger partial charge in [-0.05, 0) is 31.0 Å². The van der Waals surface area contributed by atoms with Crippen molar-refractivity contribution in [2.24, 2.45) is 0 Å². The standard InChI is InChI=1S/C13H19NO3S/c1-10-3-4-11(18)9-12(10)13(16)14-5-2-7-17-8-6-15/h3-4,9,15,18H,2,5-8H2,1H3,(H,14,16). The minimum absolute atomic E-state index is 0.0281. The molecule has 1 amide bonds. The van der Waals surface area contributed by atoms with Crippen LogP contribution in [-0.2, 0) is 4.74 Å². The number of aryl methyl sites for hydroxylation is 1. The van der Waals surface area contributed by atoms with Crippen LogP contribution in [0.1, 0.15) is 22.3 Å². The Labute approximate surface area is 113 Å². The number of carbonyl (C=O) groups is 1. The summed E-state index contributed by atoms with van der Waals surface area (Å²) < 4.78 is 5.10. The molecule has 0 saturated carbocycles. The lowest BCUT2D eigenvalue weighted by Crippen LogP contribution is -2.26. The lowest BCUT2D eigenvalue weighted by Gasteiger charge is -2.08. The Morgan fingerprint density at radius 1 is 1.44 bits per heavy atom. The quantitative estimate of drug-likeness (QED) is 0.518. The molecule has 0 aromatic heterocycles. The Bertz CT molecular complexity index is 396. The van der Waals surface area contributed by atoms with E-state index in [0.717, 1.165) is 16.9 Å². The summed E-state index contributed by atoms with van der Waals surface area (Å²) in [6, 6.07) is 5.50. The van der Waals surface area contributed by atoms with Crippen LogP contribution in [0.2, 0.25) is 0 Å². The summed E-state index contributed by atoms with van der Waals surface area (Å²) in [7, 11) is 0.